The maximum absolute atomic E-state index is 12.5. The fourth-order valence-electron chi connectivity index (χ4n) is 2.07. The Balaban J connectivity index is 2.20. The standard InChI is InChI=1S/C16H21N5O4S2/c1-9-5-6-11(27(24,25)21(3)4)7-12(9)18-15(23)10(2)26-16-19-13(17)8-14(22)20-16/h5-8,10H,1-4H3,(H,18,23)(H3,17,19,20,22)/t10-/m0/s1. The lowest BCUT2D eigenvalue weighted by atomic mass is 10.2. The van der Waals surface area contributed by atoms with Crippen molar-refractivity contribution in [3.8, 4) is 0 Å². The van der Waals surface area contributed by atoms with Gasteiger partial charge in [-0.15, -0.1) is 0 Å². The van der Waals surface area contributed by atoms with E-state index >= 15 is 0 Å². The first-order valence-electron chi connectivity index (χ1n) is 7.88. The van der Waals surface area contributed by atoms with Gasteiger partial charge in [0, 0.05) is 25.8 Å². The van der Waals surface area contributed by atoms with Gasteiger partial charge >= 0.3 is 0 Å². The Morgan fingerprint density at radius 3 is 2.59 bits per heavy atom. The van der Waals surface area contributed by atoms with Crippen LogP contribution in [0.3, 0.4) is 0 Å². The largest absolute Gasteiger partial charge is 0.383 e. The SMILES string of the molecule is Cc1ccc(S(=O)(=O)N(C)C)cc1NC(=O)[C@H](C)Sc1nc(N)cc(=O)[nH]1. The Bertz CT molecular complexity index is 1020. The van der Waals surface area contributed by atoms with Crippen molar-refractivity contribution in [2.75, 3.05) is 25.1 Å². The second-order valence-corrected chi connectivity index (χ2v) is 9.47. The molecule has 1 amide bonds. The molecular formula is C16H21N5O4S2. The van der Waals surface area contributed by atoms with Crippen molar-refractivity contribution in [1.29, 1.82) is 0 Å². The van der Waals surface area contributed by atoms with E-state index in [0.717, 1.165) is 22.1 Å². The summed E-state index contributed by atoms with van der Waals surface area (Å²) in [5.41, 5.74) is 6.23. The monoisotopic (exact) mass is 411 g/mol. The lowest BCUT2D eigenvalue weighted by Crippen LogP contribution is -2.25. The Hall–Kier alpha value is -2.37. The van der Waals surface area contributed by atoms with E-state index in [1.165, 1.54) is 26.2 Å². The number of carbonyl (C=O) groups excluding carboxylic acids is 1. The number of aryl methyl sites for hydroxylation is 1. The van der Waals surface area contributed by atoms with E-state index in [1.807, 2.05) is 0 Å². The van der Waals surface area contributed by atoms with Gasteiger partial charge in [-0.3, -0.25) is 9.59 Å². The van der Waals surface area contributed by atoms with Crippen molar-refractivity contribution in [3.63, 3.8) is 0 Å². The molecule has 0 radical (unpaired) electrons. The van der Waals surface area contributed by atoms with Gasteiger partial charge in [-0.25, -0.2) is 17.7 Å². The molecule has 1 heterocycles. The lowest BCUT2D eigenvalue weighted by molar-refractivity contribution is -0.115. The first-order valence-corrected chi connectivity index (χ1v) is 10.2. The maximum Gasteiger partial charge on any atom is 0.253 e. The highest BCUT2D eigenvalue weighted by molar-refractivity contribution is 8.00. The van der Waals surface area contributed by atoms with Crippen LogP contribution in [-0.4, -0.2) is 47.9 Å². The number of amides is 1. The summed E-state index contributed by atoms with van der Waals surface area (Å²) in [6, 6.07) is 5.68. The molecule has 2 aromatic rings. The van der Waals surface area contributed by atoms with Crippen LogP contribution in [0.5, 0.6) is 0 Å². The maximum atomic E-state index is 12.5. The number of benzene rings is 1. The molecule has 0 fully saturated rings. The summed E-state index contributed by atoms with van der Waals surface area (Å²) < 4.78 is 25.7. The van der Waals surface area contributed by atoms with E-state index in [0.29, 0.717) is 11.3 Å². The Morgan fingerprint density at radius 1 is 1.33 bits per heavy atom. The highest BCUT2D eigenvalue weighted by Crippen LogP contribution is 2.24. The van der Waals surface area contributed by atoms with E-state index in [-0.39, 0.29) is 21.8 Å². The third kappa shape index (κ3) is 5.08. The van der Waals surface area contributed by atoms with Crippen LogP contribution < -0.4 is 16.6 Å². The number of nitrogen functional groups attached to an aromatic ring is 1. The highest BCUT2D eigenvalue weighted by Gasteiger charge is 2.21. The van der Waals surface area contributed by atoms with Gasteiger partial charge in [0.15, 0.2) is 5.16 Å². The summed E-state index contributed by atoms with van der Waals surface area (Å²) in [4.78, 5) is 30.5. The van der Waals surface area contributed by atoms with Gasteiger partial charge in [0.25, 0.3) is 5.56 Å². The number of nitrogens with zero attached hydrogens (tertiary/aromatic N) is 2. The molecule has 0 aliphatic carbocycles. The zero-order valence-electron chi connectivity index (χ0n) is 15.3. The van der Waals surface area contributed by atoms with Gasteiger partial charge in [0.1, 0.15) is 5.82 Å². The molecule has 0 saturated heterocycles. The van der Waals surface area contributed by atoms with E-state index in [1.54, 1.807) is 19.9 Å². The van der Waals surface area contributed by atoms with Crippen LogP contribution in [0.4, 0.5) is 11.5 Å². The van der Waals surface area contributed by atoms with Gasteiger partial charge in [0.05, 0.1) is 10.1 Å². The number of carbonyl (C=O) groups is 1. The smallest absolute Gasteiger partial charge is 0.253 e. The summed E-state index contributed by atoms with van der Waals surface area (Å²) in [6.07, 6.45) is 0. The van der Waals surface area contributed by atoms with Crippen molar-refractivity contribution in [2.24, 2.45) is 0 Å². The number of sulfonamides is 1. The van der Waals surface area contributed by atoms with Crippen molar-refractivity contribution < 1.29 is 13.2 Å². The summed E-state index contributed by atoms with van der Waals surface area (Å²) in [5, 5.41) is 2.33. The number of aromatic nitrogens is 2. The van der Waals surface area contributed by atoms with Gasteiger partial charge in [-0.1, -0.05) is 17.8 Å². The molecule has 9 nitrogen and oxygen atoms in total. The molecule has 4 N–H and O–H groups in total. The first kappa shape index (κ1) is 20.9. The molecular weight excluding hydrogens is 390 g/mol. The molecule has 0 aliphatic heterocycles. The van der Waals surface area contributed by atoms with Crippen LogP contribution >= 0.6 is 11.8 Å². The summed E-state index contributed by atoms with van der Waals surface area (Å²) in [7, 11) is -0.745. The number of aromatic amines is 1. The summed E-state index contributed by atoms with van der Waals surface area (Å²) in [5.74, 6) is -0.307. The van der Waals surface area contributed by atoms with Gasteiger partial charge in [-0.2, -0.15) is 0 Å². The minimum Gasteiger partial charge on any atom is -0.383 e. The predicted octanol–water partition coefficient (Wildman–Crippen LogP) is 1.03. The van der Waals surface area contributed by atoms with Crippen molar-refractivity contribution in [2.45, 2.75) is 29.1 Å². The second kappa shape index (κ2) is 8.11. The lowest BCUT2D eigenvalue weighted by Gasteiger charge is -2.16. The van der Waals surface area contributed by atoms with Crippen LogP contribution in [0.15, 0.2) is 39.1 Å². The summed E-state index contributed by atoms with van der Waals surface area (Å²) >= 11 is 1.03. The molecule has 0 saturated carbocycles. The number of nitrogens with one attached hydrogen (secondary N) is 2. The Labute approximate surface area is 161 Å². The number of hydrogen-bond donors (Lipinski definition) is 3. The zero-order chi connectivity index (χ0) is 20.4. The number of H-pyrrole nitrogens is 1. The Kier molecular flexibility index (Phi) is 6.29. The van der Waals surface area contributed by atoms with Crippen LogP contribution in [-0.2, 0) is 14.8 Å². The molecule has 1 atom stereocenters. The van der Waals surface area contributed by atoms with Crippen LogP contribution in [0.25, 0.3) is 0 Å². The normalized spacial score (nSPS) is 12.8. The second-order valence-electron chi connectivity index (χ2n) is 5.99. The van der Waals surface area contributed by atoms with Crippen molar-refractivity contribution in [1.82, 2.24) is 14.3 Å². The molecule has 146 valence electrons. The topological polar surface area (TPSA) is 138 Å². The zero-order valence-corrected chi connectivity index (χ0v) is 16.9. The van der Waals surface area contributed by atoms with Gasteiger partial charge in [0.2, 0.25) is 15.9 Å². The molecule has 2 rings (SSSR count). The van der Waals surface area contributed by atoms with E-state index in [4.69, 9.17) is 5.73 Å². The molecule has 0 spiro atoms. The molecule has 1 aromatic carbocycles. The number of thioether (sulfide) groups is 1. The van der Waals surface area contributed by atoms with E-state index in [2.05, 4.69) is 15.3 Å². The Morgan fingerprint density at radius 2 is 2.00 bits per heavy atom. The molecule has 0 bridgehead atoms. The molecule has 11 heteroatoms. The average Bonchev–Trinajstić information content (AvgIpc) is 2.55. The molecule has 0 aliphatic rings. The number of rotatable bonds is 6. The summed E-state index contributed by atoms with van der Waals surface area (Å²) in [6.45, 7) is 3.40. The third-order valence-electron chi connectivity index (χ3n) is 3.64. The fraction of sp³-hybridized carbons (Fsp3) is 0.312. The predicted molar refractivity (Wildman–Crippen MR) is 105 cm³/mol. The fourth-order valence-corrected chi connectivity index (χ4v) is 3.82. The molecule has 0 unspecified atom stereocenters. The first-order chi connectivity index (χ1) is 12.5. The third-order valence-corrected chi connectivity index (χ3v) is 6.44. The van der Waals surface area contributed by atoms with Crippen molar-refractivity contribution in [3.05, 3.63) is 40.2 Å². The number of nitrogens with two attached hydrogens (primary N) is 1. The minimum absolute atomic E-state index is 0.0614. The highest BCUT2D eigenvalue weighted by atomic mass is 32.2. The average molecular weight is 412 g/mol. The molecule has 27 heavy (non-hydrogen) atoms. The van der Waals surface area contributed by atoms with Crippen LogP contribution in [0.1, 0.15) is 12.5 Å². The molecule has 1 aromatic heterocycles. The van der Waals surface area contributed by atoms with E-state index < -0.39 is 20.8 Å². The van der Waals surface area contributed by atoms with Crippen molar-refractivity contribution >= 4 is 39.2 Å². The van der Waals surface area contributed by atoms with Gasteiger partial charge < -0.3 is 16.0 Å². The van der Waals surface area contributed by atoms with E-state index in [9.17, 15) is 18.0 Å². The minimum atomic E-state index is -3.62. The van der Waals surface area contributed by atoms with Crippen LogP contribution in [0, 0.1) is 6.92 Å². The number of hydrogen-bond acceptors (Lipinski definition) is 7. The van der Waals surface area contributed by atoms with Crippen LogP contribution in [0.2, 0.25) is 0 Å². The quantitative estimate of drug-likeness (QED) is 0.477. The number of anilines is 2. The van der Waals surface area contributed by atoms with Gasteiger partial charge in [-0.05, 0) is 31.5 Å².